The van der Waals surface area contributed by atoms with Crippen LogP contribution in [0.2, 0.25) is 0 Å². The van der Waals surface area contributed by atoms with Crippen LogP contribution in [0.4, 0.5) is 5.82 Å². The van der Waals surface area contributed by atoms with Crippen molar-refractivity contribution in [2.45, 2.75) is 19.4 Å². The van der Waals surface area contributed by atoms with Gasteiger partial charge in [-0.15, -0.1) is 0 Å². The SMILES string of the molecule is Cc1[nH]nc2ccc(-c3cncc(NC[C@@H](N)Cc4ccc(Br)cc4)n3)cc12. The van der Waals surface area contributed by atoms with Gasteiger partial charge in [0, 0.05) is 33.7 Å². The van der Waals surface area contributed by atoms with Crippen LogP contribution in [0.25, 0.3) is 22.2 Å². The molecule has 0 unspecified atom stereocenters. The summed E-state index contributed by atoms with van der Waals surface area (Å²) >= 11 is 3.45. The Bertz CT molecular complexity index is 1090. The molecule has 0 saturated heterocycles. The first kappa shape index (κ1) is 18.6. The van der Waals surface area contributed by atoms with E-state index < -0.39 is 0 Å². The lowest BCUT2D eigenvalue weighted by Gasteiger charge is -2.14. The number of hydrogen-bond donors (Lipinski definition) is 3. The number of halogens is 1. The number of aryl methyl sites for hydroxylation is 1. The third-order valence-corrected chi connectivity index (χ3v) is 5.16. The second-order valence-corrected chi connectivity index (χ2v) is 7.76. The number of H-pyrrole nitrogens is 1. The molecule has 0 fully saturated rings. The summed E-state index contributed by atoms with van der Waals surface area (Å²) in [6.07, 6.45) is 4.28. The van der Waals surface area contributed by atoms with Crippen molar-refractivity contribution in [3.8, 4) is 11.3 Å². The van der Waals surface area contributed by atoms with Crippen LogP contribution in [0.1, 0.15) is 11.3 Å². The number of anilines is 1. The average molecular weight is 437 g/mol. The van der Waals surface area contributed by atoms with Crippen molar-refractivity contribution in [2.24, 2.45) is 5.73 Å². The minimum atomic E-state index is -0.0171. The molecule has 2 heterocycles. The number of nitrogens with one attached hydrogen (secondary N) is 2. The van der Waals surface area contributed by atoms with Gasteiger partial charge in [0.15, 0.2) is 0 Å². The van der Waals surface area contributed by atoms with E-state index in [9.17, 15) is 0 Å². The standard InChI is InChI=1S/C21H21BrN6/c1-13-18-9-15(4-7-19(18)28-27-13)20-11-24-12-21(26-20)25-10-17(23)8-14-2-5-16(22)6-3-14/h2-7,9,11-12,17H,8,10,23H2,1H3,(H,25,26)(H,27,28)/t17-/m0/s1. The first-order valence-corrected chi connectivity index (χ1v) is 9.89. The topological polar surface area (TPSA) is 92.5 Å². The normalized spacial score (nSPS) is 12.2. The summed E-state index contributed by atoms with van der Waals surface area (Å²) in [5.41, 5.74) is 11.3. The van der Waals surface area contributed by atoms with E-state index in [1.807, 2.05) is 31.2 Å². The minimum absolute atomic E-state index is 0.0171. The van der Waals surface area contributed by atoms with Gasteiger partial charge in [-0.05, 0) is 43.2 Å². The van der Waals surface area contributed by atoms with Gasteiger partial charge in [0.25, 0.3) is 0 Å². The third-order valence-electron chi connectivity index (χ3n) is 4.63. The molecule has 0 spiro atoms. The fraction of sp³-hybridized carbons (Fsp3) is 0.190. The molecule has 0 aliphatic carbocycles. The fourth-order valence-electron chi connectivity index (χ4n) is 3.12. The summed E-state index contributed by atoms with van der Waals surface area (Å²) in [6.45, 7) is 2.63. The van der Waals surface area contributed by atoms with Crippen molar-refractivity contribution < 1.29 is 0 Å². The molecule has 2 aromatic carbocycles. The summed E-state index contributed by atoms with van der Waals surface area (Å²) in [6, 6.07) is 14.3. The molecule has 0 aliphatic heterocycles. The lowest BCUT2D eigenvalue weighted by atomic mass is 10.1. The van der Waals surface area contributed by atoms with Crippen LogP contribution >= 0.6 is 15.9 Å². The number of hydrogen-bond acceptors (Lipinski definition) is 5. The van der Waals surface area contributed by atoms with Crippen LogP contribution in [0.3, 0.4) is 0 Å². The second-order valence-electron chi connectivity index (χ2n) is 6.84. The Kier molecular flexibility index (Phi) is 5.36. The van der Waals surface area contributed by atoms with Crippen molar-refractivity contribution in [1.82, 2.24) is 20.2 Å². The molecule has 0 saturated carbocycles. The predicted octanol–water partition coefficient (Wildman–Crippen LogP) is 4.07. The van der Waals surface area contributed by atoms with Crippen molar-refractivity contribution in [1.29, 1.82) is 0 Å². The molecule has 2 aromatic heterocycles. The molecule has 0 aliphatic rings. The van der Waals surface area contributed by atoms with Crippen LogP contribution in [0.15, 0.2) is 59.3 Å². The van der Waals surface area contributed by atoms with E-state index in [1.165, 1.54) is 5.56 Å². The van der Waals surface area contributed by atoms with Gasteiger partial charge >= 0.3 is 0 Å². The maximum absolute atomic E-state index is 6.28. The molecule has 142 valence electrons. The maximum atomic E-state index is 6.28. The molecule has 4 rings (SSSR count). The molecule has 0 radical (unpaired) electrons. The van der Waals surface area contributed by atoms with E-state index in [4.69, 9.17) is 5.73 Å². The zero-order valence-electron chi connectivity index (χ0n) is 15.5. The van der Waals surface area contributed by atoms with Gasteiger partial charge < -0.3 is 11.1 Å². The number of fused-ring (bicyclic) bond motifs is 1. The van der Waals surface area contributed by atoms with Gasteiger partial charge in [-0.2, -0.15) is 5.10 Å². The van der Waals surface area contributed by atoms with Gasteiger partial charge in [-0.1, -0.05) is 34.1 Å². The Morgan fingerprint density at radius 2 is 1.96 bits per heavy atom. The highest BCUT2D eigenvalue weighted by atomic mass is 79.9. The largest absolute Gasteiger partial charge is 0.367 e. The Balaban J connectivity index is 1.44. The summed E-state index contributed by atoms with van der Waals surface area (Å²) in [5, 5.41) is 11.7. The smallest absolute Gasteiger partial charge is 0.145 e. The van der Waals surface area contributed by atoms with E-state index >= 15 is 0 Å². The summed E-state index contributed by atoms with van der Waals surface area (Å²) in [7, 11) is 0. The zero-order valence-corrected chi connectivity index (χ0v) is 17.1. The van der Waals surface area contributed by atoms with Crippen molar-refractivity contribution in [3.05, 3.63) is 70.6 Å². The van der Waals surface area contributed by atoms with Gasteiger partial charge in [-0.25, -0.2) is 4.98 Å². The van der Waals surface area contributed by atoms with Crippen LogP contribution in [0.5, 0.6) is 0 Å². The van der Waals surface area contributed by atoms with Crippen LogP contribution < -0.4 is 11.1 Å². The average Bonchev–Trinajstić information content (AvgIpc) is 3.09. The van der Waals surface area contributed by atoms with Gasteiger partial charge in [0.1, 0.15) is 5.82 Å². The Morgan fingerprint density at radius 1 is 1.14 bits per heavy atom. The second kappa shape index (κ2) is 8.08. The van der Waals surface area contributed by atoms with E-state index in [1.54, 1.807) is 12.4 Å². The highest BCUT2D eigenvalue weighted by molar-refractivity contribution is 9.10. The highest BCUT2D eigenvalue weighted by Crippen LogP contribution is 2.24. The lowest BCUT2D eigenvalue weighted by Crippen LogP contribution is -2.31. The van der Waals surface area contributed by atoms with E-state index in [2.05, 4.69) is 59.6 Å². The Morgan fingerprint density at radius 3 is 2.79 bits per heavy atom. The highest BCUT2D eigenvalue weighted by Gasteiger charge is 2.08. The maximum Gasteiger partial charge on any atom is 0.145 e. The van der Waals surface area contributed by atoms with Crippen LogP contribution in [-0.2, 0) is 6.42 Å². The van der Waals surface area contributed by atoms with Crippen molar-refractivity contribution in [2.75, 3.05) is 11.9 Å². The minimum Gasteiger partial charge on any atom is -0.367 e. The molecule has 0 amide bonds. The fourth-order valence-corrected chi connectivity index (χ4v) is 3.38. The van der Waals surface area contributed by atoms with Crippen LogP contribution in [-0.4, -0.2) is 32.8 Å². The van der Waals surface area contributed by atoms with Gasteiger partial charge in [0.2, 0.25) is 0 Å². The van der Waals surface area contributed by atoms with Gasteiger partial charge in [-0.3, -0.25) is 10.1 Å². The third kappa shape index (κ3) is 4.21. The summed E-state index contributed by atoms with van der Waals surface area (Å²) in [4.78, 5) is 9.02. The number of nitrogens with two attached hydrogens (primary N) is 1. The number of benzene rings is 2. The Labute approximate surface area is 171 Å². The van der Waals surface area contributed by atoms with Crippen molar-refractivity contribution in [3.63, 3.8) is 0 Å². The zero-order chi connectivity index (χ0) is 19.5. The molecule has 7 heteroatoms. The number of nitrogens with zero attached hydrogens (tertiary/aromatic N) is 3. The molecule has 6 nitrogen and oxygen atoms in total. The van der Waals surface area contributed by atoms with E-state index in [-0.39, 0.29) is 6.04 Å². The molecule has 1 atom stereocenters. The van der Waals surface area contributed by atoms with Crippen molar-refractivity contribution >= 4 is 32.7 Å². The van der Waals surface area contributed by atoms with Crippen LogP contribution in [0, 0.1) is 6.92 Å². The number of aromatic amines is 1. The predicted molar refractivity (Wildman–Crippen MR) is 116 cm³/mol. The first-order valence-electron chi connectivity index (χ1n) is 9.09. The monoisotopic (exact) mass is 436 g/mol. The molecule has 4 aromatic rings. The quantitative estimate of drug-likeness (QED) is 0.423. The summed E-state index contributed by atoms with van der Waals surface area (Å²) in [5.74, 6) is 0.716. The Hall–Kier alpha value is -2.77. The van der Waals surface area contributed by atoms with E-state index in [0.717, 1.165) is 38.7 Å². The molecular formula is C21H21BrN6. The first-order chi connectivity index (χ1) is 13.6. The summed E-state index contributed by atoms with van der Waals surface area (Å²) < 4.78 is 1.07. The molecule has 4 N–H and O–H groups in total. The number of rotatable bonds is 6. The number of aromatic nitrogens is 4. The lowest BCUT2D eigenvalue weighted by molar-refractivity contribution is 0.697. The molecule has 0 bridgehead atoms. The molecule has 28 heavy (non-hydrogen) atoms. The molecular weight excluding hydrogens is 416 g/mol. The van der Waals surface area contributed by atoms with Gasteiger partial charge in [0.05, 0.1) is 23.6 Å². The van der Waals surface area contributed by atoms with E-state index in [0.29, 0.717) is 12.4 Å².